The highest BCUT2D eigenvalue weighted by atomic mass is 35.5. The van der Waals surface area contributed by atoms with E-state index in [0.717, 1.165) is 0 Å². The maximum atomic E-state index is 11.8. The lowest BCUT2D eigenvalue weighted by molar-refractivity contribution is -0.122. The summed E-state index contributed by atoms with van der Waals surface area (Å²) in [7, 11) is -3.17. The zero-order valence-corrected chi connectivity index (χ0v) is 12.4. The van der Waals surface area contributed by atoms with Crippen LogP contribution in [0.25, 0.3) is 0 Å². The van der Waals surface area contributed by atoms with Gasteiger partial charge in [0.2, 0.25) is 5.91 Å². The third-order valence-electron chi connectivity index (χ3n) is 2.96. The highest BCUT2D eigenvalue weighted by molar-refractivity contribution is 7.91. The third-order valence-corrected chi connectivity index (χ3v) is 5.33. The second kappa shape index (κ2) is 5.66. The number of carbonyl (C=O) groups is 1. The minimum absolute atomic E-state index is 0.0557. The summed E-state index contributed by atoms with van der Waals surface area (Å²) in [4.78, 5) is 11.8. The first kappa shape index (κ1) is 15.2. The molecule has 112 valence electrons. The van der Waals surface area contributed by atoms with Gasteiger partial charge in [0.25, 0.3) is 0 Å². The molecule has 10 heteroatoms. The number of hydrogen-bond donors (Lipinski definition) is 2. The van der Waals surface area contributed by atoms with Crippen molar-refractivity contribution in [2.24, 2.45) is 5.73 Å². The van der Waals surface area contributed by atoms with Crippen LogP contribution >= 0.6 is 11.6 Å². The molecule has 3 atom stereocenters. The van der Waals surface area contributed by atoms with Crippen molar-refractivity contribution in [1.82, 2.24) is 20.3 Å². The van der Waals surface area contributed by atoms with Crippen LogP contribution in [0.1, 0.15) is 18.7 Å². The first-order chi connectivity index (χ1) is 9.27. The molecule has 3 N–H and O–H groups in total. The van der Waals surface area contributed by atoms with Crippen molar-refractivity contribution in [3.05, 3.63) is 11.9 Å². The standard InChI is InChI=1S/C10H16ClN5O3S/c1-6(12)8-2-16(15-14-8)3-10(17)13-9-5-20(18,19)4-7(9)11/h2,6-7,9H,3-5,12H2,1H3,(H,13,17). The summed E-state index contributed by atoms with van der Waals surface area (Å²) in [6.45, 7) is 1.70. The molecule has 1 saturated heterocycles. The molecule has 0 aliphatic carbocycles. The van der Waals surface area contributed by atoms with Crippen molar-refractivity contribution < 1.29 is 13.2 Å². The lowest BCUT2D eigenvalue weighted by Gasteiger charge is -2.13. The van der Waals surface area contributed by atoms with Crippen molar-refractivity contribution in [3.8, 4) is 0 Å². The Morgan fingerprint density at radius 1 is 1.65 bits per heavy atom. The summed E-state index contributed by atoms with van der Waals surface area (Å²) in [6.07, 6.45) is 1.58. The van der Waals surface area contributed by atoms with E-state index in [1.807, 2.05) is 0 Å². The van der Waals surface area contributed by atoms with Crippen molar-refractivity contribution in [1.29, 1.82) is 0 Å². The molecular formula is C10H16ClN5O3S. The maximum Gasteiger partial charge on any atom is 0.242 e. The molecule has 20 heavy (non-hydrogen) atoms. The first-order valence-corrected chi connectivity index (χ1v) is 8.32. The summed E-state index contributed by atoms with van der Waals surface area (Å²) in [6, 6.07) is -0.829. The second-order valence-corrected chi connectivity index (χ2v) is 7.61. The van der Waals surface area contributed by atoms with E-state index in [1.54, 1.807) is 13.1 Å². The smallest absolute Gasteiger partial charge is 0.242 e. The number of hydrogen-bond acceptors (Lipinski definition) is 6. The van der Waals surface area contributed by atoms with Crippen LogP contribution in [-0.2, 0) is 21.2 Å². The van der Waals surface area contributed by atoms with Crippen LogP contribution in [0.2, 0.25) is 0 Å². The van der Waals surface area contributed by atoms with Gasteiger partial charge >= 0.3 is 0 Å². The molecule has 1 amide bonds. The van der Waals surface area contributed by atoms with E-state index >= 15 is 0 Å². The number of aromatic nitrogens is 3. The largest absolute Gasteiger partial charge is 0.349 e. The van der Waals surface area contributed by atoms with Gasteiger partial charge in [0.15, 0.2) is 9.84 Å². The molecule has 1 aliphatic rings. The third kappa shape index (κ3) is 3.68. The number of nitrogens with zero attached hydrogens (tertiary/aromatic N) is 3. The molecular weight excluding hydrogens is 306 g/mol. The normalized spacial score (nSPS) is 26.4. The van der Waals surface area contributed by atoms with Crippen LogP contribution in [-0.4, -0.2) is 52.2 Å². The molecule has 2 heterocycles. The van der Waals surface area contributed by atoms with E-state index in [9.17, 15) is 13.2 Å². The number of carbonyl (C=O) groups excluding carboxylic acids is 1. The molecule has 1 aromatic heterocycles. The van der Waals surface area contributed by atoms with Crippen molar-refractivity contribution in [2.45, 2.75) is 30.9 Å². The van der Waals surface area contributed by atoms with Gasteiger partial charge in [-0.1, -0.05) is 5.21 Å². The van der Waals surface area contributed by atoms with E-state index in [2.05, 4.69) is 15.6 Å². The lowest BCUT2D eigenvalue weighted by Crippen LogP contribution is -2.42. The molecule has 3 unspecified atom stereocenters. The molecule has 0 aromatic carbocycles. The van der Waals surface area contributed by atoms with Crippen LogP contribution in [0, 0.1) is 0 Å². The van der Waals surface area contributed by atoms with Crippen LogP contribution in [0.15, 0.2) is 6.20 Å². The highest BCUT2D eigenvalue weighted by Gasteiger charge is 2.37. The Morgan fingerprint density at radius 3 is 2.85 bits per heavy atom. The van der Waals surface area contributed by atoms with E-state index in [4.69, 9.17) is 17.3 Å². The first-order valence-electron chi connectivity index (χ1n) is 6.06. The van der Waals surface area contributed by atoms with Crippen LogP contribution in [0.4, 0.5) is 0 Å². The Bertz CT molecular complexity index is 600. The zero-order chi connectivity index (χ0) is 14.9. The van der Waals surface area contributed by atoms with Gasteiger partial charge in [-0.15, -0.1) is 16.7 Å². The van der Waals surface area contributed by atoms with E-state index in [0.29, 0.717) is 5.69 Å². The summed E-state index contributed by atoms with van der Waals surface area (Å²) in [5, 5.41) is 9.60. The van der Waals surface area contributed by atoms with Gasteiger partial charge in [-0.05, 0) is 6.92 Å². The lowest BCUT2D eigenvalue weighted by atomic mass is 10.2. The number of sulfone groups is 1. The average Bonchev–Trinajstić information content (AvgIpc) is 2.84. The predicted molar refractivity (Wildman–Crippen MR) is 72.8 cm³/mol. The fourth-order valence-corrected chi connectivity index (χ4v) is 4.49. The number of alkyl halides is 1. The Labute approximate surface area is 121 Å². The SMILES string of the molecule is CC(N)c1cn(CC(=O)NC2CS(=O)(=O)CC2Cl)nn1. The van der Waals surface area contributed by atoms with Crippen molar-refractivity contribution in [3.63, 3.8) is 0 Å². The highest BCUT2D eigenvalue weighted by Crippen LogP contribution is 2.17. The quantitative estimate of drug-likeness (QED) is 0.673. The predicted octanol–water partition coefficient (Wildman–Crippen LogP) is -1.18. The van der Waals surface area contributed by atoms with Gasteiger partial charge in [-0.2, -0.15) is 0 Å². The maximum absolute atomic E-state index is 11.8. The Kier molecular flexibility index (Phi) is 4.31. The monoisotopic (exact) mass is 321 g/mol. The summed E-state index contributed by atoms with van der Waals surface area (Å²) in [5.74, 6) is -0.605. The number of rotatable bonds is 4. The van der Waals surface area contributed by atoms with Gasteiger partial charge in [-0.3, -0.25) is 4.79 Å². The van der Waals surface area contributed by atoms with E-state index in [-0.39, 0.29) is 30.0 Å². The minimum atomic E-state index is -3.17. The summed E-state index contributed by atoms with van der Waals surface area (Å²) < 4.78 is 24.1. The average molecular weight is 322 g/mol. The van der Waals surface area contributed by atoms with Crippen molar-refractivity contribution >= 4 is 27.3 Å². The summed E-state index contributed by atoms with van der Waals surface area (Å²) in [5.41, 5.74) is 6.22. The molecule has 1 aliphatic heterocycles. The number of nitrogens with two attached hydrogens (primary N) is 1. The van der Waals surface area contributed by atoms with Crippen LogP contribution in [0.3, 0.4) is 0 Å². The molecule has 8 nitrogen and oxygen atoms in total. The van der Waals surface area contributed by atoms with Crippen molar-refractivity contribution in [2.75, 3.05) is 11.5 Å². The number of nitrogens with one attached hydrogen (secondary N) is 1. The van der Waals surface area contributed by atoms with Gasteiger partial charge in [0.05, 0.1) is 34.8 Å². The fraction of sp³-hybridized carbons (Fsp3) is 0.700. The van der Waals surface area contributed by atoms with Crippen LogP contribution < -0.4 is 11.1 Å². The zero-order valence-electron chi connectivity index (χ0n) is 10.9. The summed E-state index contributed by atoms with van der Waals surface area (Å²) >= 11 is 5.91. The molecule has 0 radical (unpaired) electrons. The Morgan fingerprint density at radius 2 is 2.35 bits per heavy atom. The number of amides is 1. The topological polar surface area (TPSA) is 120 Å². The van der Waals surface area contributed by atoms with E-state index < -0.39 is 21.3 Å². The molecule has 2 rings (SSSR count). The molecule has 1 aromatic rings. The van der Waals surface area contributed by atoms with Gasteiger partial charge in [0.1, 0.15) is 6.54 Å². The second-order valence-electron chi connectivity index (χ2n) is 4.90. The molecule has 0 bridgehead atoms. The Balaban J connectivity index is 1.92. The minimum Gasteiger partial charge on any atom is -0.349 e. The molecule has 0 saturated carbocycles. The van der Waals surface area contributed by atoms with Gasteiger partial charge in [0, 0.05) is 6.04 Å². The molecule has 0 spiro atoms. The van der Waals surface area contributed by atoms with Gasteiger partial charge in [-0.25, -0.2) is 13.1 Å². The Hall–Kier alpha value is -1.19. The number of halogens is 1. The van der Waals surface area contributed by atoms with Gasteiger partial charge < -0.3 is 11.1 Å². The van der Waals surface area contributed by atoms with E-state index in [1.165, 1.54) is 4.68 Å². The van der Waals surface area contributed by atoms with Crippen LogP contribution in [0.5, 0.6) is 0 Å². The fourth-order valence-electron chi connectivity index (χ4n) is 1.94. The molecule has 1 fully saturated rings.